The Morgan fingerprint density at radius 1 is 1.15 bits per heavy atom. The number of nitrogens with zero attached hydrogens (tertiary/aromatic N) is 4. The van der Waals surface area contributed by atoms with Gasteiger partial charge >= 0.3 is 5.97 Å². The number of ether oxygens (including phenoxy) is 1. The minimum Gasteiger partial charge on any atom is -0.469 e. The molecule has 0 radical (unpaired) electrons. The molecule has 3 heterocycles. The second-order valence-corrected chi connectivity index (χ2v) is 12.5. The number of carbonyl (C=O) groups excluding carboxylic acids is 1. The molecule has 0 spiro atoms. The number of hydrogen-bond acceptors (Lipinski definition) is 7. The van der Waals surface area contributed by atoms with Crippen LogP contribution in [0.15, 0.2) is 70.2 Å². The van der Waals surface area contributed by atoms with Crippen molar-refractivity contribution < 1.29 is 17.9 Å². The first-order valence-electron chi connectivity index (χ1n) is 12.5. The van der Waals surface area contributed by atoms with Crippen LogP contribution in [0.25, 0.3) is 16.9 Å². The molecule has 0 bridgehead atoms. The maximum atomic E-state index is 13.3. The van der Waals surface area contributed by atoms with Crippen molar-refractivity contribution in [3.05, 3.63) is 75.9 Å². The molecule has 2 aromatic heterocycles. The Balaban J connectivity index is 1.28. The van der Waals surface area contributed by atoms with Crippen molar-refractivity contribution in [2.45, 2.75) is 36.6 Å². The minimum absolute atomic E-state index is 0.0461. The second kappa shape index (κ2) is 11.6. The lowest BCUT2D eigenvalue weighted by molar-refractivity contribution is -0.140. The van der Waals surface area contributed by atoms with Crippen molar-refractivity contribution in [1.29, 1.82) is 0 Å². The molecule has 0 amide bonds. The van der Waals surface area contributed by atoms with E-state index in [-0.39, 0.29) is 23.3 Å². The van der Waals surface area contributed by atoms with Crippen molar-refractivity contribution in [3.8, 4) is 11.3 Å². The van der Waals surface area contributed by atoms with Gasteiger partial charge in [-0.05, 0) is 59.0 Å². The summed E-state index contributed by atoms with van der Waals surface area (Å²) in [6, 6.07) is 16.2. The normalized spacial score (nSPS) is 14.9. The molecular formula is C27H27BrClN5O4S. The van der Waals surface area contributed by atoms with Gasteiger partial charge in [0.25, 0.3) is 0 Å². The van der Waals surface area contributed by atoms with E-state index in [1.807, 2.05) is 30.3 Å². The third-order valence-corrected chi connectivity index (χ3v) is 9.59. The monoisotopic (exact) mass is 631 g/mol. The molecule has 39 heavy (non-hydrogen) atoms. The van der Waals surface area contributed by atoms with Gasteiger partial charge in [-0.1, -0.05) is 41.9 Å². The van der Waals surface area contributed by atoms with Gasteiger partial charge < -0.3 is 10.1 Å². The van der Waals surface area contributed by atoms with Crippen LogP contribution in [0.4, 0.5) is 5.82 Å². The summed E-state index contributed by atoms with van der Waals surface area (Å²) in [5, 5.41) is 8.60. The minimum atomic E-state index is -3.62. The zero-order valence-electron chi connectivity index (χ0n) is 21.2. The van der Waals surface area contributed by atoms with Crippen LogP contribution >= 0.6 is 27.5 Å². The Morgan fingerprint density at radius 2 is 1.87 bits per heavy atom. The molecule has 4 aromatic rings. The number of sulfonamides is 1. The summed E-state index contributed by atoms with van der Waals surface area (Å²) >= 11 is 9.97. The van der Waals surface area contributed by atoms with Gasteiger partial charge in [0, 0.05) is 42.2 Å². The van der Waals surface area contributed by atoms with Crippen molar-refractivity contribution in [2.24, 2.45) is 0 Å². The van der Waals surface area contributed by atoms with Crippen LogP contribution in [0.3, 0.4) is 0 Å². The lowest BCUT2D eigenvalue weighted by Crippen LogP contribution is -2.42. The number of methoxy groups -OCH3 is 1. The summed E-state index contributed by atoms with van der Waals surface area (Å²) in [5.41, 5.74) is 3.07. The maximum Gasteiger partial charge on any atom is 0.305 e. The van der Waals surface area contributed by atoms with Gasteiger partial charge in [0.2, 0.25) is 10.0 Å². The molecule has 1 N–H and O–H groups in total. The smallest absolute Gasteiger partial charge is 0.305 e. The third-order valence-electron chi connectivity index (χ3n) is 6.79. The van der Waals surface area contributed by atoms with E-state index in [0.29, 0.717) is 48.7 Å². The zero-order chi connectivity index (χ0) is 27.6. The van der Waals surface area contributed by atoms with Gasteiger partial charge in [-0.25, -0.2) is 13.4 Å². The van der Waals surface area contributed by atoms with E-state index >= 15 is 0 Å². The summed E-state index contributed by atoms with van der Waals surface area (Å²) in [6.45, 7) is 0.775. The average Bonchev–Trinajstić information content (AvgIpc) is 3.33. The molecule has 1 aliphatic rings. The van der Waals surface area contributed by atoms with E-state index in [4.69, 9.17) is 16.6 Å². The zero-order valence-corrected chi connectivity index (χ0v) is 24.3. The van der Waals surface area contributed by atoms with E-state index in [0.717, 1.165) is 21.4 Å². The van der Waals surface area contributed by atoms with Crippen LogP contribution in [-0.2, 0) is 26.0 Å². The van der Waals surface area contributed by atoms with Gasteiger partial charge in [0.1, 0.15) is 5.82 Å². The number of piperidine rings is 1. The SMILES string of the molecule is COC(=O)CCc1ccc(S(=O)(=O)N2CCC(Nc3cc(-c4ccccc4Cl)nc4c(Br)cnn34)CC2)cc1. The Hall–Kier alpha value is -2.99. The van der Waals surface area contributed by atoms with E-state index in [1.165, 1.54) is 11.4 Å². The molecule has 9 nitrogen and oxygen atoms in total. The molecule has 5 rings (SSSR count). The van der Waals surface area contributed by atoms with Crippen LogP contribution in [-0.4, -0.2) is 59.5 Å². The number of halogens is 2. The highest BCUT2D eigenvalue weighted by Gasteiger charge is 2.30. The Morgan fingerprint density at radius 3 is 2.56 bits per heavy atom. The lowest BCUT2D eigenvalue weighted by Gasteiger charge is -2.32. The molecule has 0 atom stereocenters. The molecule has 2 aromatic carbocycles. The summed E-state index contributed by atoms with van der Waals surface area (Å²) in [7, 11) is -2.27. The van der Waals surface area contributed by atoms with Crippen LogP contribution < -0.4 is 5.32 Å². The van der Waals surface area contributed by atoms with E-state index < -0.39 is 10.0 Å². The second-order valence-electron chi connectivity index (χ2n) is 9.28. The quantitative estimate of drug-likeness (QED) is 0.267. The number of hydrogen-bond donors (Lipinski definition) is 1. The van der Waals surface area contributed by atoms with Gasteiger partial charge in [-0.3, -0.25) is 4.79 Å². The summed E-state index contributed by atoms with van der Waals surface area (Å²) < 4.78 is 35.2. The van der Waals surface area contributed by atoms with Crippen LogP contribution in [0.2, 0.25) is 5.02 Å². The number of anilines is 1. The fourth-order valence-corrected chi connectivity index (χ4v) is 6.67. The highest BCUT2D eigenvalue weighted by molar-refractivity contribution is 9.10. The highest BCUT2D eigenvalue weighted by atomic mass is 79.9. The largest absolute Gasteiger partial charge is 0.469 e. The van der Waals surface area contributed by atoms with E-state index in [2.05, 4.69) is 31.1 Å². The Bertz CT molecular complexity index is 1600. The maximum absolute atomic E-state index is 13.3. The van der Waals surface area contributed by atoms with Gasteiger partial charge in [-0.15, -0.1) is 0 Å². The fraction of sp³-hybridized carbons (Fsp3) is 0.296. The van der Waals surface area contributed by atoms with E-state index in [9.17, 15) is 13.2 Å². The first-order valence-corrected chi connectivity index (χ1v) is 15.1. The Kier molecular flexibility index (Phi) is 8.22. The van der Waals surface area contributed by atoms with Crippen molar-refractivity contribution in [2.75, 3.05) is 25.5 Å². The fourth-order valence-electron chi connectivity index (χ4n) is 4.62. The first-order chi connectivity index (χ1) is 18.8. The number of nitrogens with one attached hydrogen (secondary N) is 1. The van der Waals surface area contributed by atoms with E-state index in [1.54, 1.807) is 35.0 Å². The van der Waals surface area contributed by atoms with Crippen LogP contribution in [0, 0.1) is 0 Å². The number of aryl methyl sites for hydroxylation is 1. The number of fused-ring (bicyclic) bond motifs is 1. The standard InChI is InChI=1S/C27H27BrClN5O4S/c1-38-26(35)11-8-18-6-9-20(10-7-18)39(36,37)33-14-12-19(13-15-33)31-25-16-24(21-4-2-3-5-23(21)29)32-27-22(28)17-30-34(25)27/h2-7,9-10,16-17,19,31H,8,11-15H2,1H3. The van der Waals surface area contributed by atoms with Crippen molar-refractivity contribution >= 4 is 55.0 Å². The van der Waals surface area contributed by atoms with Crippen LogP contribution in [0.1, 0.15) is 24.8 Å². The topological polar surface area (TPSA) is 106 Å². The number of aromatic nitrogens is 3. The first kappa shape index (κ1) is 27.6. The van der Waals surface area contributed by atoms with Gasteiger partial charge in [0.05, 0.1) is 28.4 Å². The van der Waals surface area contributed by atoms with Gasteiger partial charge in [0.15, 0.2) is 5.65 Å². The Labute approximate surface area is 240 Å². The van der Waals surface area contributed by atoms with Crippen molar-refractivity contribution in [3.63, 3.8) is 0 Å². The predicted octanol–water partition coefficient (Wildman–Crippen LogP) is 5.18. The number of rotatable bonds is 8. The highest BCUT2D eigenvalue weighted by Crippen LogP contribution is 2.31. The van der Waals surface area contributed by atoms with Crippen LogP contribution in [0.5, 0.6) is 0 Å². The summed E-state index contributed by atoms with van der Waals surface area (Å²) in [4.78, 5) is 16.4. The molecule has 0 saturated carbocycles. The van der Waals surface area contributed by atoms with Gasteiger partial charge in [-0.2, -0.15) is 13.9 Å². The van der Waals surface area contributed by atoms with Crippen molar-refractivity contribution in [1.82, 2.24) is 18.9 Å². The number of carbonyl (C=O) groups is 1. The number of benzene rings is 2. The molecule has 0 unspecified atom stereocenters. The molecule has 1 aliphatic heterocycles. The lowest BCUT2D eigenvalue weighted by atomic mass is 10.1. The third kappa shape index (κ3) is 5.96. The molecule has 0 aliphatic carbocycles. The summed E-state index contributed by atoms with van der Waals surface area (Å²) in [6.07, 6.45) is 3.70. The number of esters is 1. The molecular weight excluding hydrogens is 606 g/mol. The molecule has 1 saturated heterocycles. The molecule has 12 heteroatoms. The molecule has 204 valence electrons. The molecule has 1 fully saturated rings. The summed E-state index contributed by atoms with van der Waals surface area (Å²) in [5.74, 6) is 0.459. The predicted molar refractivity (Wildman–Crippen MR) is 153 cm³/mol. The average molecular weight is 633 g/mol.